The van der Waals surface area contributed by atoms with Crippen molar-refractivity contribution in [3.05, 3.63) is 28.2 Å². The van der Waals surface area contributed by atoms with Crippen LogP contribution >= 0.6 is 15.9 Å². The predicted molar refractivity (Wildman–Crippen MR) is 87.6 cm³/mol. The molecule has 0 unspecified atom stereocenters. The van der Waals surface area contributed by atoms with E-state index in [2.05, 4.69) is 44.3 Å². The van der Waals surface area contributed by atoms with Gasteiger partial charge >= 0.3 is 0 Å². The van der Waals surface area contributed by atoms with E-state index in [-0.39, 0.29) is 5.91 Å². The van der Waals surface area contributed by atoms with Crippen LogP contribution in [0.1, 0.15) is 5.56 Å². The fraction of sp³-hybridized carbons (Fsp3) is 0.533. The van der Waals surface area contributed by atoms with E-state index < -0.39 is 0 Å². The molecular weight excluding hydrogens is 334 g/mol. The monoisotopic (exact) mass is 355 g/mol. The standard InChI is InChI=1S/C15H22BrN3O2/c1-18-6-7-19(11-15(18)20)13-4-3-12(14(16)9-13)10-17-5-8-21-2/h3-4,9,17H,5-8,10-11H2,1-2H3. The van der Waals surface area contributed by atoms with Gasteiger partial charge in [0.25, 0.3) is 0 Å². The van der Waals surface area contributed by atoms with Gasteiger partial charge in [0.05, 0.1) is 13.2 Å². The third-order valence-electron chi connectivity index (χ3n) is 3.66. The molecule has 1 aliphatic rings. The zero-order valence-corrected chi connectivity index (χ0v) is 14.1. The Morgan fingerprint density at radius 2 is 2.19 bits per heavy atom. The molecule has 1 aromatic carbocycles. The van der Waals surface area contributed by atoms with E-state index in [1.54, 1.807) is 12.0 Å². The molecule has 116 valence electrons. The van der Waals surface area contributed by atoms with E-state index in [1.807, 2.05) is 7.05 Å². The van der Waals surface area contributed by atoms with Crippen LogP contribution in [-0.4, -0.2) is 57.8 Å². The van der Waals surface area contributed by atoms with E-state index in [4.69, 9.17) is 4.74 Å². The number of anilines is 1. The maximum atomic E-state index is 11.8. The Kier molecular flexibility index (Phi) is 6.02. The number of amides is 1. The molecule has 0 spiro atoms. The summed E-state index contributed by atoms with van der Waals surface area (Å²) in [4.78, 5) is 15.7. The van der Waals surface area contributed by atoms with Crippen molar-refractivity contribution in [2.24, 2.45) is 0 Å². The van der Waals surface area contributed by atoms with Crippen molar-refractivity contribution in [2.75, 3.05) is 51.8 Å². The van der Waals surface area contributed by atoms with Crippen LogP contribution in [0.2, 0.25) is 0 Å². The fourth-order valence-electron chi connectivity index (χ4n) is 2.25. The Balaban J connectivity index is 1.97. The number of benzene rings is 1. The van der Waals surface area contributed by atoms with E-state index in [1.165, 1.54) is 5.56 Å². The van der Waals surface area contributed by atoms with Crippen LogP contribution in [0, 0.1) is 0 Å². The molecule has 1 N–H and O–H groups in total. The zero-order chi connectivity index (χ0) is 15.2. The van der Waals surface area contributed by atoms with Gasteiger partial charge in [-0.05, 0) is 17.7 Å². The van der Waals surface area contributed by atoms with Gasteiger partial charge in [0.2, 0.25) is 5.91 Å². The van der Waals surface area contributed by atoms with Crippen molar-refractivity contribution >= 4 is 27.5 Å². The Bertz CT molecular complexity index is 496. The lowest BCUT2D eigenvalue weighted by Gasteiger charge is -2.33. The molecule has 0 radical (unpaired) electrons. The van der Waals surface area contributed by atoms with Gasteiger partial charge in [0.1, 0.15) is 0 Å². The number of halogens is 1. The summed E-state index contributed by atoms with van der Waals surface area (Å²) in [5, 5.41) is 3.33. The number of hydrogen-bond donors (Lipinski definition) is 1. The summed E-state index contributed by atoms with van der Waals surface area (Å²) in [6, 6.07) is 6.27. The lowest BCUT2D eigenvalue weighted by atomic mass is 10.1. The smallest absolute Gasteiger partial charge is 0.241 e. The molecule has 0 aromatic heterocycles. The molecular formula is C15H22BrN3O2. The summed E-state index contributed by atoms with van der Waals surface area (Å²) in [5.41, 5.74) is 2.29. The van der Waals surface area contributed by atoms with Gasteiger partial charge < -0.3 is 19.9 Å². The molecule has 6 heteroatoms. The van der Waals surface area contributed by atoms with Crippen LogP contribution in [0.5, 0.6) is 0 Å². The van der Waals surface area contributed by atoms with Gasteiger partial charge in [0, 0.05) is 50.5 Å². The summed E-state index contributed by atoms with van der Waals surface area (Å²) in [6.45, 7) is 4.44. The van der Waals surface area contributed by atoms with Gasteiger partial charge in [-0.25, -0.2) is 0 Å². The first-order valence-electron chi connectivity index (χ1n) is 7.09. The van der Waals surface area contributed by atoms with Crippen molar-refractivity contribution in [3.8, 4) is 0 Å². The predicted octanol–water partition coefficient (Wildman–Crippen LogP) is 1.46. The minimum absolute atomic E-state index is 0.169. The Morgan fingerprint density at radius 1 is 1.38 bits per heavy atom. The lowest BCUT2D eigenvalue weighted by Crippen LogP contribution is -2.48. The first kappa shape index (κ1) is 16.3. The largest absolute Gasteiger partial charge is 0.383 e. The molecule has 1 aromatic rings. The number of carbonyl (C=O) groups is 1. The van der Waals surface area contributed by atoms with E-state index in [0.717, 1.165) is 36.3 Å². The van der Waals surface area contributed by atoms with Crippen LogP contribution < -0.4 is 10.2 Å². The second-order valence-corrected chi connectivity index (χ2v) is 6.04. The molecule has 0 saturated carbocycles. The normalized spacial score (nSPS) is 15.7. The number of likely N-dealkylation sites (N-methyl/N-ethyl adjacent to an activating group) is 1. The number of carbonyl (C=O) groups excluding carboxylic acids is 1. The maximum absolute atomic E-state index is 11.8. The van der Waals surface area contributed by atoms with E-state index in [0.29, 0.717) is 13.2 Å². The summed E-state index contributed by atoms with van der Waals surface area (Å²) < 4.78 is 6.08. The average molecular weight is 356 g/mol. The highest BCUT2D eigenvalue weighted by Crippen LogP contribution is 2.25. The van der Waals surface area contributed by atoms with Gasteiger partial charge in [-0.1, -0.05) is 22.0 Å². The summed E-state index contributed by atoms with van der Waals surface area (Å²) >= 11 is 3.62. The topological polar surface area (TPSA) is 44.8 Å². The van der Waals surface area contributed by atoms with Crippen LogP contribution in [0.25, 0.3) is 0 Å². The highest BCUT2D eigenvalue weighted by molar-refractivity contribution is 9.10. The number of nitrogens with zero attached hydrogens (tertiary/aromatic N) is 2. The molecule has 1 heterocycles. The molecule has 21 heavy (non-hydrogen) atoms. The molecule has 0 bridgehead atoms. The lowest BCUT2D eigenvalue weighted by molar-refractivity contribution is -0.129. The van der Waals surface area contributed by atoms with Crippen molar-refractivity contribution in [3.63, 3.8) is 0 Å². The van der Waals surface area contributed by atoms with Gasteiger partial charge in [-0.15, -0.1) is 0 Å². The number of rotatable bonds is 6. The van der Waals surface area contributed by atoms with Crippen LogP contribution in [0.3, 0.4) is 0 Å². The van der Waals surface area contributed by atoms with Gasteiger partial charge in [-0.2, -0.15) is 0 Å². The second kappa shape index (κ2) is 7.77. The van der Waals surface area contributed by atoms with E-state index >= 15 is 0 Å². The zero-order valence-electron chi connectivity index (χ0n) is 12.6. The average Bonchev–Trinajstić information content (AvgIpc) is 2.48. The quantitative estimate of drug-likeness (QED) is 0.784. The summed E-state index contributed by atoms with van der Waals surface area (Å²) in [7, 11) is 3.55. The third kappa shape index (κ3) is 4.43. The molecule has 1 saturated heterocycles. The number of ether oxygens (including phenoxy) is 1. The SMILES string of the molecule is COCCNCc1ccc(N2CCN(C)C(=O)C2)cc1Br. The van der Waals surface area contributed by atoms with Gasteiger partial charge in [-0.3, -0.25) is 4.79 Å². The summed E-state index contributed by atoms with van der Waals surface area (Å²) in [5.74, 6) is 0.169. The minimum Gasteiger partial charge on any atom is -0.383 e. The fourth-order valence-corrected chi connectivity index (χ4v) is 2.76. The Hall–Kier alpha value is -1.11. The number of methoxy groups -OCH3 is 1. The van der Waals surface area contributed by atoms with Gasteiger partial charge in [0.15, 0.2) is 0 Å². The highest BCUT2D eigenvalue weighted by atomic mass is 79.9. The molecule has 1 fully saturated rings. The molecule has 2 rings (SSSR count). The Morgan fingerprint density at radius 3 is 2.86 bits per heavy atom. The van der Waals surface area contributed by atoms with Crippen molar-refractivity contribution in [1.82, 2.24) is 10.2 Å². The molecule has 1 aliphatic heterocycles. The van der Waals surface area contributed by atoms with Crippen LogP contribution in [-0.2, 0) is 16.1 Å². The first-order valence-corrected chi connectivity index (χ1v) is 7.88. The molecule has 5 nitrogen and oxygen atoms in total. The number of piperazine rings is 1. The van der Waals surface area contributed by atoms with Crippen LogP contribution in [0.4, 0.5) is 5.69 Å². The molecule has 0 aliphatic carbocycles. The third-order valence-corrected chi connectivity index (χ3v) is 4.40. The molecule has 0 atom stereocenters. The van der Waals surface area contributed by atoms with E-state index in [9.17, 15) is 4.79 Å². The van der Waals surface area contributed by atoms with Crippen molar-refractivity contribution < 1.29 is 9.53 Å². The second-order valence-electron chi connectivity index (χ2n) is 5.18. The maximum Gasteiger partial charge on any atom is 0.241 e. The van der Waals surface area contributed by atoms with Crippen molar-refractivity contribution in [1.29, 1.82) is 0 Å². The number of nitrogens with one attached hydrogen (secondary N) is 1. The summed E-state index contributed by atoms with van der Waals surface area (Å²) in [6.07, 6.45) is 0. The highest BCUT2D eigenvalue weighted by Gasteiger charge is 2.21. The first-order chi connectivity index (χ1) is 10.1. The Labute approximate surface area is 134 Å². The number of hydrogen-bond acceptors (Lipinski definition) is 4. The molecule has 1 amide bonds. The minimum atomic E-state index is 0.169. The van der Waals surface area contributed by atoms with Crippen LogP contribution in [0.15, 0.2) is 22.7 Å². The van der Waals surface area contributed by atoms with Crippen molar-refractivity contribution in [2.45, 2.75) is 6.54 Å².